The van der Waals surface area contributed by atoms with Crippen LogP contribution in [0.1, 0.15) is 12.8 Å². The summed E-state index contributed by atoms with van der Waals surface area (Å²) < 4.78 is 0. The number of nitrogens with zero attached hydrogens (tertiary/aromatic N) is 2. The van der Waals surface area contributed by atoms with Crippen LogP contribution in [0.15, 0.2) is 18.3 Å². The zero-order valence-electron chi connectivity index (χ0n) is 8.94. The molecule has 2 aromatic rings. The van der Waals surface area contributed by atoms with Gasteiger partial charge in [0.25, 0.3) is 0 Å². The van der Waals surface area contributed by atoms with Crippen LogP contribution in [-0.4, -0.2) is 29.1 Å². The van der Waals surface area contributed by atoms with E-state index in [1.54, 1.807) is 11.3 Å². The number of nitrogens with one attached hydrogen (secondary N) is 2. The molecule has 1 saturated heterocycles. The minimum Gasteiger partial charge on any atom is -0.359 e. The van der Waals surface area contributed by atoms with E-state index >= 15 is 0 Å². The van der Waals surface area contributed by atoms with E-state index in [1.165, 1.54) is 12.8 Å². The van der Waals surface area contributed by atoms with Gasteiger partial charge in [0.2, 0.25) is 0 Å². The number of rotatable bonds is 2. The van der Waals surface area contributed by atoms with Crippen LogP contribution in [0.5, 0.6) is 0 Å². The van der Waals surface area contributed by atoms with Crippen molar-refractivity contribution >= 4 is 26.8 Å². The van der Waals surface area contributed by atoms with E-state index in [2.05, 4.69) is 20.6 Å². The number of anilines is 1. The quantitative estimate of drug-likeness (QED) is 0.832. The molecular weight excluding hydrogens is 220 g/mol. The molecular formula is C11H14N4S. The SMILES string of the molecule is c1cnc2sc(NC3CCNCC3)nc2c1. The van der Waals surface area contributed by atoms with Gasteiger partial charge >= 0.3 is 0 Å². The standard InChI is InChI=1S/C11H14N4S/c1-2-9-10(13-5-1)16-11(15-9)14-8-3-6-12-7-4-8/h1-2,5,8,12H,3-4,6-7H2,(H,14,15). The maximum absolute atomic E-state index is 4.53. The van der Waals surface area contributed by atoms with Crippen molar-refractivity contribution in [2.75, 3.05) is 18.4 Å². The summed E-state index contributed by atoms with van der Waals surface area (Å²) in [6.07, 6.45) is 4.15. The van der Waals surface area contributed by atoms with Crippen molar-refractivity contribution in [2.45, 2.75) is 18.9 Å². The lowest BCUT2D eigenvalue weighted by Gasteiger charge is -2.23. The summed E-state index contributed by atoms with van der Waals surface area (Å²) in [5.41, 5.74) is 0.990. The van der Waals surface area contributed by atoms with E-state index in [1.807, 2.05) is 18.3 Å². The highest BCUT2D eigenvalue weighted by Gasteiger charge is 2.14. The Hall–Kier alpha value is -1.20. The zero-order valence-corrected chi connectivity index (χ0v) is 9.76. The van der Waals surface area contributed by atoms with Crippen LogP contribution in [0.25, 0.3) is 10.3 Å². The molecule has 0 aliphatic carbocycles. The molecule has 3 heterocycles. The van der Waals surface area contributed by atoms with Crippen molar-refractivity contribution in [1.29, 1.82) is 0 Å². The largest absolute Gasteiger partial charge is 0.359 e. The number of aromatic nitrogens is 2. The summed E-state index contributed by atoms with van der Waals surface area (Å²) in [6.45, 7) is 2.20. The van der Waals surface area contributed by atoms with Gasteiger partial charge in [-0.3, -0.25) is 0 Å². The highest BCUT2D eigenvalue weighted by molar-refractivity contribution is 7.21. The summed E-state index contributed by atoms with van der Waals surface area (Å²) in [5.74, 6) is 0. The third kappa shape index (κ3) is 2.01. The average molecular weight is 234 g/mol. The average Bonchev–Trinajstić information content (AvgIpc) is 2.72. The van der Waals surface area contributed by atoms with Gasteiger partial charge < -0.3 is 10.6 Å². The second kappa shape index (κ2) is 4.35. The summed E-state index contributed by atoms with van der Waals surface area (Å²) >= 11 is 1.64. The molecule has 2 aromatic heterocycles. The Morgan fingerprint density at radius 3 is 3.06 bits per heavy atom. The van der Waals surface area contributed by atoms with Crippen molar-refractivity contribution in [3.63, 3.8) is 0 Å². The minimum atomic E-state index is 0.557. The van der Waals surface area contributed by atoms with Gasteiger partial charge in [0.05, 0.1) is 0 Å². The van der Waals surface area contributed by atoms with Crippen molar-refractivity contribution in [2.24, 2.45) is 0 Å². The number of hydrogen-bond donors (Lipinski definition) is 2. The van der Waals surface area contributed by atoms with Crippen LogP contribution in [0.3, 0.4) is 0 Å². The molecule has 3 rings (SSSR count). The van der Waals surface area contributed by atoms with Gasteiger partial charge in [0.15, 0.2) is 5.13 Å². The fraction of sp³-hybridized carbons (Fsp3) is 0.455. The molecule has 5 heteroatoms. The van der Waals surface area contributed by atoms with E-state index in [0.717, 1.165) is 28.6 Å². The first-order valence-electron chi connectivity index (χ1n) is 5.60. The van der Waals surface area contributed by atoms with Crippen LogP contribution in [0.2, 0.25) is 0 Å². The fourth-order valence-electron chi connectivity index (χ4n) is 1.97. The zero-order chi connectivity index (χ0) is 10.8. The van der Waals surface area contributed by atoms with Gasteiger partial charge in [-0.05, 0) is 38.1 Å². The third-order valence-electron chi connectivity index (χ3n) is 2.83. The molecule has 1 aliphatic rings. The maximum Gasteiger partial charge on any atom is 0.185 e. The highest BCUT2D eigenvalue weighted by atomic mass is 32.1. The number of pyridine rings is 1. The summed E-state index contributed by atoms with van der Waals surface area (Å²) in [6, 6.07) is 4.49. The fourth-order valence-corrected chi connectivity index (χ4v) is 2.86. The van der Waals surface area contributed by atoms with Gasteiger partial charge in [-0.25, -0.2) is 9.97 Å². The summed E-state index contributed by atoms with van der Waals surface area (Å²) in [5, 5.41) is 7.86. The van der Waals surface area contributed by atoms with E-state index < -0.39 is 0 Å². The first kappa shape index (κ1) is 9.99. The molecule has 0 spiro atoms. The Balaban J connectivity index is 1.78. The van der Waals surface area contributed by atoms with Gasteiger partial charge in [-0.15, -0.1) is 0 Å². The van der Waals surface area contributed by atoms with Gasteiger partial charge in [-0.2, -0.15) is 0 Å². The first-order valence-corrected chi connectivity index (χ1v) is 6.42. The lowest BCUT2D eigenvalue weighted by atomic mass is 10.1. The van der Waals surface area contributed by atoms with Crippen LogP contribution >= 0.6 is 11.3 Å². The summed E-state index contributed by atoms with van der Waals surface area (Å²) in [4.78, 5) is 9.84. The first-order chi connectivity index (χ1) is 7.92. The molecule has 1 aliphatic heterocycles. The minimum absolute atomic E-state index is 0.557. The number of fused-ring (bicyclic) bond motifs is 1. The molecule has 0 amide bonds. The van der Waals surface area contributed by atoms with Crippen LogP contribution < -0.4 is 10.6 Å². The molecule has 0 bridgehead atoms. The summed E-state index contributed by atoms with van der Waals surface area (Å²) in [7, 11) is 0. The Kier molecular flexibility index (Phi) is 2.71. The number of thiazole rings is 1. The Morgan fingerprint density at radius 1 is 1.38 bits per heavy atom. The van der Waals surface area contributed by atoms with Crippen molar-refractivity contribution in [3.8, 4) is 0 Å². The van der Waals surface area contributed by atoms with E-state index in [4.69, 9.17) is 0 Å². The van der Waals surface area contributed by atoms with E-state index in [0.29, 0.717) is 6.04 Å². The van der Waals surface area contributed by atoms with Crippen LogP contribution in [-0.2, 0) is 0 Å². The molecule has 84 valence electrons. The topological polar surface area (TPSA) is 49.8 Å². The second-order valence-electron chi connectivity index (χ2n) is 4.02. The highest BCUT2D eigenvalue weighted by Crippen LogP contribution is 2.24. The lowest BCUT2D eigenvalue weighted by molar-refractivity contribution is 0.479. The van der Waals surface area contributed by atoms with Crippen LogP contribution in [0.4, 0.5) is 5.13 Å². The molecule has 0 saturated carbocycles. The smallest absolute Gasteiger partial charge is 0.185 e. The molecule has 1 fully saturated rings. The normalized spacial score (nSPS) is 17.8. The monoisotopic (exact) mass is 234 g/mol. The molecule has 0 radical (unpaired) electrons. The Morgan fingerprint density at radius 2 is 2.25 bits per heavy atom. The van der Waals surface area contributed by atoms with Gasteiger partial charge in [-0.1, -0.05) is 11.3 Å². The van der Waals surface area contributed by atoms with E-state index in [9.17, 15) is 0 Å². The Bertz CT molecular complexity index is 443. The predicted octanol–water partition coefficient (Wildman–Crippen LogP) is 1.86. The Labute approximate surface area is 98.1 Å². The molecule has 4 nitrogen and oxygen atoms in total. The van der Waals surface area contributed by atoms with Crippen molar-refractivity contribution < 1.29 is 0 Å². The maximum atomic E-state index is 4.53. The molecule has 16 heavy (non-hydrogen) atoms. The predicted molar refractivity (Wildman–Crippen MR) is 66.9 cm³/mol. The molecule has 0 unspecified atom stereocenters. The third-order valence-corrected chi connectivity index (χ3v) is 3.74. The van der Waals surface area contributed by atoms with Gasteiger partial charge in [0.1, 0.15) is 10.3 Å². The number of piperidine rings is 1. The van der Waals surface area contributed by atoms with Crippen LogP contribution in [0, 0.1) is 0 Å². The van der Waals surface area contributed by atoms with Crippen molar-refractivity contribution in [3.05, 3.63) is 18.3 Å². The molecule has 0 aromatic carbocycles. The lowest BCUT2D eigenvalue weighted by Crippen LogP contribution is -2.35. The second-order valence-corrected chi connectivity index (χ2v) is 4.99. The molecule has 0 atom stereocenters. The van der Waals surface area contributed by atoms with E-state index in [-0.39, 0.29) is 0 Å². The molecule has 2 N–H and O–H groups in total. The van der Waals surface area contributed by atoms with Crippen molar-refractivity contribution in [1.82, 2.24) is 15.3 Å². The van der Waals surface area contributed by atoms with Gasteiger partial charge in [0, 0.05) is 12.2 Å². The number of hydrogen-bond acceptors (Lipinski definition) is 5.